The van der Waals surface area contributed by atoms with E-state index in [-0.39, 0.29) is 118 Å². The molecule has 0 unspecified atom stereocenters. The van der Waals surface area contributed by atoms with Crippen molar-refractivity contribution in [1.29, 1.82) is 0 Å². The zero-order chi connectivity index (χ0) is 8.35. The van der Waals surface area contributed by atoms with Crippen LogP contribution in [0.1, 0.15) is 0 Å². The van der Waals surface area contributed by atoms with Gasteiger partial charge in [0.25, 0.3) is 0 Å². The van der Waals surface area contributed by atoms with Crippen molar-refractivity contribution in [3.05, 3.63) is 0 Å². The maximum atomic E-state index is 9.95. The first-order valence-corrected chi connectivity index (χ1v) is 8.94. The van der Waals surface area contributed by atoms with Gasteiger partial charge in [-0.1, -0.05) is 0 Å². The van der Waals surface area contributed by atoms with Crippen LogP contribution in [0.3, 0.4) is 0 Å². The summed E-state index contributed by atoms with van der Waals surface area (Å²) in [6, 6.07) is 0. The summed E-state index contributed by atoms with van der Waals surface area (Å²) in [6.07, 6.45) is 0. The van der Waals surface area contributed by atoms with Crippen LogP contribution in [0.4, 0.5) is 21.0 Å². The Hall–Kier alpha value is 4.32. The van der Waals surface area contributed by atoms with Crippen molar-refractivity contribution in [2.24, 2.45) is 0 Å². The molecule has 64 valence electrons. The zero-order valence-electron chi connectivity index (χ0n) is 7.52. The second-order valence-corrected chi connectivity index (χ2v) is 11.8. The molecule has 0 aromatic rings. The van der Waals surface area contributed by atoms with Gasteiger partial charge in [0.15, 0.2) is 0 Å². The first-order chi connectivity index (χ1) is 2.83. The summed E-state index contributed by atoms with van der Waals surface area (Å²) in [5.74, 6) is 0. The van der Waals surface area contributed by atoms with Crippen LogP contribution < -0.4 is 118 Å². The van der Waals surface area contributed by atoms with Crippen LogP contribution in [0, 0.1) is 0 Å². The normalized spacial score (nSPS) is 21.5. The van der Waals surface area contributed by atoms with E-state index in [0.29, 0.717) is 0 Å². The van der Waals surface area contributed by atoms with Crippen LogP contribution in [0.15, 0.2) is 0 Å². The van der Waals surface area contributed by atoms with Gasteiger partial charge in [-0.05, 0) is 0 Å². The summed E-state index contributed by atoms with van der Waals surface area (Å²) in [6.45, 7) is 0. The molecular formula is F8Na4Zr. The van der Waals surface area contributed by atoms with E-state index < -0.39 is 19.2 Å². The minimum atomic E-state index is -15.4. The molecule has 13 heavy (non-hydrogen) atoms. The van der Waals surface area contributed by atoms with Crippen molar-refractivity contribution >= 4 is 0 Å². The van der Waals surface area contributed by atoms with E-state index in [0.717, 1.165) is 0 Å². The number of rotatable bonds is 0. The number of hydrogen-bond acceptors (Lipinski definition) is 0. The van der Waals surface area contributed by atoms with Gasteiger partial charge in [0, 0.05) is 0 Å². The monoisotopic (exact) mass is 334 g/mol. The summed E-state index contributed by atoms with van der Waals surface area (Å²) in [5.41, 5.74) is 0. The van der Waals surface area contributed by atoms with E-state index in [9.17, 15) is 21.0 Å². The Labute approximate surface area is 154 Å². The predicted molar refractivity (Wildman–Crippen MR) is 8.86 cm³/mol. The van der Waals surface area contributed by atoms with Crippen molar-refractivity contribution in [3.63, 3.8) is 0 Å². The molecule has 0 nitrogen and oxygen atoms in total. The Kier molecular flexibility index (Phi) is 8.58. The maximum absolute atomic E-state index is 15.4. The maximum Gasteiger partial charge on any atom is 1.00 e. The third-order valence-electron chi connectivity index (χ3n) is 0. The van der Waals surface area contributed by atoms with Gasteiger partial charge in [-0.3, -0.25) is 0 Å². The topological polar surface area (TPSA) is 0 Å². The van der Waals surface area contributed by atoms with Gasteiger partial charge < -0.3 is 0 Å². The summed E-state index contributed by atoms with van der Waals surface area (Å²) < 4.78 is 79.6. The molecule has 0 rings (SSSR count). The second kappa shape index (κ2) is 3.67. The molecule has 0 heterocycles. The van der Waals surface area contributed by atoms with Gasteiger partial charge in [-0.15, -0.1) is 0 Å². The van der Waals surface area contributed by atoms with Gasteiger partial charge in [-0.2, -0.15) is 0 Å². The molecule has 0 aromatic heterocycles. The molecule has 0 saturated heterocycles. The quantitative estimate of drug-likeness (QED) is 0.305. The molecule has 0 amide bonds. The van der Waals surface area contributed by atoms with Crippen molar-refractivity contribution in [2.45, 2.75) is 0 Å². The Morgan fingerprint density at radius 3 is 0.385 bits per heavy atom. The summed E-state index contributed by atoms with van der Waals surface area (Å²) >= 11 is -15.4. The molecule has 0 bridgehead atoms. The second-order valence-electron chi connectivity index (χ2n) is 2.00. The molecule has 0 radical (unpaired) electrons. The molecule has 0 aliphatic heterocycles. The van der Waals surface area contributed by atoms with Crippen molar-refractivity contribution < 1.29 is 158 Å². The van der Waals surface area contributed by atoms with E-state index in [1.807, 2.05) is 0 Å². The Morgan fingerprint density at radius 1 is 0.385 bits per heavy atom. The number of halogens is 8. The van der Waals surface area contributed by atoms with E-state index in [2.05, 4.69) is 0 Å². The van der Waals surface area contributed by atoms with Crippen LogP contribution in [0.5, 0.6) is 0 Å². The fourth-order valence-electron chi connectivity index (χ4n) is 0. The molecule has 13 heteroatoms. The Bertz CT molecular complexity index is 151. The molecule has 0 aromatic carbocycles. The average Bonchev–Trinajstić information content (AvgIpc) is 0.503. The third-order valence-corrected chi connectivity index (χ3v) is 0. The Morgan fingerprint density at radius 2 is 0.385 bits per heavy atom. The van der Waals surface area contributed by atoms with Crippen LogP contribution in [-0.2, 0) is 19.2 Å². The van der Waals surface area contributed by atoms with Crippen LogP contribution >= 0.6 is 0 Å². The molecule has 0 aliphatic carbocycles. The molecule has 0 fully saturated rings. The van der Waals surface area contributed by atoms with E-state index in [1.165, 1.54) is 0 Å². The summed E-state index contributed by atoms with van der Waals surface area (Å²) in [7, 11) is 0. The minimum Gasteiger partial charge on any atom is 1.00 e. The predicted octanol–water partition coefficient (Wildman–Crippen LogP) is -8.62. The summed E-state index contributed by atoms with van der Waals surface area (Å²) in [5, 5.41) is 0. The van der Waals surface area contributed by atoms with Crippen LogP contribution in [0.25, 0.3) is 0 Å². The van der Waals surface area contributed by atoms with Gasteiger partial charge in [0.05, 0.1) is 0 Å². The van der Waals surface area contributed by atoms with Gasteiger partial charge in [0.2, 0.25) is 0 Å². The molecular weight excluding hydrogens is 335 g/mol. The van der Waals surface area contributed by atoms with Crippen molar-refractivity contribution in [3.8, 4) is 0 Å². The standard InChI is InChI=1S/8FH.4Na.Zr/h8*1H;;;;;/q;;;;;;;;4*+1;+4/p-8. The van der Waals surface area contributed by atoms with Crippen LogP contribution in [0.2, 0.25) is 0 Å². The Balaban J connectivity index is -0.0000000533. The van der Waals surface area contributed by atoms with Crippen LogP contribution in [-0.4, -0.2) is 0 Å². The molecule has 0 atom stereocenters. The van der Waals surface area contributed by atoms with E-state index >= 15 is 0 Å². The van der Waals surface area contributed by atoms with E-state index in [4.69, 9.17) is 0 Å². The first-order valence-electron chi connectivity index (χ1n) is 1.51. The van der Waals surface area contributed by atoms with Gasteiger partial charge in [0.1, 0.15) is 0 Å². The van der Waals surface area contributed by atoms with Crippen molar-refractivity contribution in [1.82, 2.24) is 0 Å². The fraction of sp³-hybridized carbons (Fsp3) is 0. The van der Waals surface area contributed by atoms with Gasteiger partial charge in [-0.25, -0.2) is 0 Å². The zero-order valence-corrected chi connectivity index (χ0v) is 18.0. The SMILES string of the molecule is [F][Zr-4]([F])([F])([F])([F])([F])([F])[F].[Na+].[Na+].[Na+].[Na+]. The average molecular weight is 335 g/mol. The molecule has 0 spiro atoms. The fourth-order valence-corrected chi connectivity index (χ4v) is 0. The largest absolute Gasteiger partial charge is 1.00 e. The smallest absolute Gasteiger partial charge is 1.00 e. The number of hydrogen-bond donors (Lipinski definition) is 0. The van der Waals surface area contributed by atoms with Crippen molar-refractivity contribution in [2.75, 3.05) is 0 Å². The first kappa shape index (κ1) is 30.4. The molecule has 0 N–H and O–H groups in total. The summed E-state index contributed by atoms with van der Waals surface area (Å²) in [4.78, 5) is 0. The molecule has 0 saturated carbocycles. The minimum absolute atomic E-state index is 0. The third kappa shape index (κ3) is 179. The van der Waals surface area contributed by atoms with Gasteiger partial charge >= 0.3 is 158 Å². The van der Waals surface area contributed by atoms with E-state index in [1.54, 1.807) is 0 Å². The molecule has 0 aliphatic rings.